The average molecular weight is 129 g/mol. The first-order valence-electron chi connectivity index (χ1n) is 2.05. The Kier molecular flexibility index (Phi) is 1.07. The zero-order valence-electron chi connectivity index (χ0n) is 4.25. The molecule has 9 heavy (non-hydrogen) atoms. The molecule has 1 aromatic heterocycles. The van der Waals surface area contributed by atoms with Crippen molar-refractivity contribution < 1.29 is 9.32 Å². The van der Waals surface area contributed by atoms with Crippen LogP contribution in [0.2, 0.25) is 0 Å². The van der Waals surface area contributed by atoms with E-state index in [1.54, 1.807) is 0 Å². The third-order valence-electron chi connectivity index (χ3n) is 0.649. The first kappa shape index (κ1) is 5.54. The number of nitrogens with one attached hydrogen (secondary N) is 1. The van der Waals surface area contributed by atoms with Gasteiger partial charge in [0.05, 0.1) is 0 Å². The van der Waals surface area contributed by atoms with Gasteiger partial charge in [0, 0.05) is 0 Å². The molecule has 0 fully saturated rings. The molecule has 1 rings (SSSR count). The van der Waals surface area contributed by atoms with Crippen molar-refractivity contribution in [1.82, 2.24) is 10.1 Å². The van der Waals surface area contributed by atoms with Crippen molar-refractivity contribution >= 4 is 5.91 Å². The van der Waals surface area contributed by atoms with E-state index >= 15 is 0 Å². The molecule has 3 N–H and O–H groups in total. The molecule has 0 saturated heterocycles. The number of aromatic nitrogens is 2. The standard InChI is InChI=1S/C3H3N3O3/c4-1(7)2-5-3(8)6-9-2/h(H2,4,7)(H,6,8). The fraction of sp³-hybridized carbons (Fsp3) is 0. The highest BCUT2D eigenvalue weighted by Crippen LogP contribution is 1.81. The van der Waals surface area contributed by atoms with Gasteiger partial charge in [0.25, 0.3) is 0 Å². The van der Waals surface area contributed by atoms with E-state index in [9.17, 15) is 9.59 Å². The molecule has 1 aromatic rings. The molecular formula is C3H3N3O3. The number of hydrogen-bond donors (Lipinski definition) is 2. The summed E-state index contributed by atoms with van der Waals surface area (Å²) in [5, 5.41) is 1.81. The van der Waals surface area contributed by atoms with Crippen LogP contribution in [0.3, 0.4) is 0 Å². The van der Waals surface area contributed by atoms with Crippen molar-refractivity contribution in [3.8, 4) is 0 Å². The highest BCUT2D eigenvalue weighted by atomic mass is 16.5. The topological polar surface area (TPSA) is 102 Å². The molecule has 0 aliphatic carbocycles. The van der Waals surface area contributed by atoms with Crippen LogP contribution in [0, 0.1) is 0 Å². The maximum atomic E-state index is 10.1. The van der Waals surface area contributed by atoms with Gasteiger partial charge in [0.15, 0.2) is 0 Å². The summed E-state index contributed by atoms with van der Waals surface area (Å²) in [5.41, 5.74) is 3.95. The van der Waals surface area contributed by atoms with E-state index in [2.05, 4.69) is 15.2 Å². The molecule has 0 aromatic carbocycles. The number of aromatic amines is 1. The van der Waals surface area contributed by atoms with Gasteiger partial charge in [0.1, 0.15) is 0 Å². The van der Waals surface area contributed by atoms with Crippen LogP contribution in [0.5, 0.6) is 0 Å². The van der Waals surface area contributed by atoms with Gasteiger partial charge in [0.2, 0.25) is 0 Å². The molecule has 6 heteroatoms. The minimum atomic E-state index is -0.867. The van der Waals surface area contributed by atoms with Gasteiger partial charge in [-0.1, -0.05) is 0 Å². The van der Waals surface area contributed by atoms with Crippen LogP contribution >= 0.6 is 0 Å². The molecule has 0 bridgehead atoms. The minimum Gasteiger partial charge on any atom is -0.361 e. The van der Waals surface area contributed by atoms with Gasteiger partial charge in [-0.3, -0.25) is 4.79 Å². The second-order valence-electron chi connectivity index (χ2n) is 1.29. The Morgan fingerprint density at radius 1 is 1.78 bits per heavy atom. The van der Waals surface area contributed by atoms with Gasteiger partial charge in [-0.15, -0.1) is 4.98 Å². The number of H-pyrrole nitrogens is 1. The highest BCUT2D eigenvalue weighted by molar-refractivity contribution is 5.87. The lowest BCUT2D eigenvalue weighted by Crippen LogP contribution is -2.13. The lowest BCUT2D eigenvalue weighted by molar-refractivity contribution is 0.0958. The van der Waals surface area contributed by atoms with Crippen molar-refractivity contribution in [2.24, 2.45) is 5.73 Å². The molecule has 1 heterocycles. The summed E-state index contributed by atoms with van der Waals surface area (Å²) in [5.74, 6) is -1.27. The van der Waals surface area contributed by atoms with E-state index in [0.717, 1.165) is 0 Å². The Morgan fingerprint density at radius 2 is 2.44 bits per heavy atom. The number of nitrogens with zero attached hydrogens (tertiary/aromatic N) is 1. The molecule has 6 nitrogen and oxygen atoms in total. The van der Waals surface area contributed by atoms with Crippen molar-refractivity contribution in [2.75, 3.05) is 0 Å². The predicted molar refractivity (Wildman–Crippen MR) is 25.6 cm³/mol. The maximum absolute atomic E-state index is 10.1. The number of carbonyl (C=O) groups excluding carboxylic acids is 1. The molecule has 48 valence electrons. The number of rotatable bonds is 1. The van der Waals surface area contributed by atoms with Crippen molar-refractivity contribution in [2.45, 2.75) is 0 Å². The Morgan fingerprint density at radius 3 is 2.67 bits per heavy atom. The van der Waals surface area contributed by atoms with Crippen LogP contribution in [-0.2, 0) is 0 Å². The smallest absolute Gasteiger partial charge is 0.361 e. The van der Waals surface area contributed by atoms with E-state index in [1.165, 1.54) is 0 Å². The molecule has 0 aliphatic rings. The minimum absolute atomic E-state index is 0.403. The maximum Gasteiger partial charge on any atom is 0.377 e. The Balaban J connectivity index is 3.12. The third kappa shape index (κ3) is 0.958. The van der Waals surface area contributed by atoms with Gasteiger partial charge < -0.3 is 10.3 Å². The molecule has 1 amide bonds. The van der Waals surface area contributed by atoms with Crippen LogP contribution < -0.4 is 11.4 Å². The molecule has 0 spiro atoms. The van der Waals surface area contributed by atoms with Crippen LogP contribution in [0.15, 0.2) is 9.32 Å². The fourth-order valence-corrected chi connectivity index (χ4v) is 0.335. The van der Waals surface area contributed by atoms with Crippen molar-refractivity contribution in [1.29, 1.82) is 0 Å². The van der Waals surface area contributed by atoms with Crippen molar-refractivity contribution in [3.05, 3.63) is 16.4 Å². The van der Waals surface area contributed by atoms with E-state index in [0.29, 0.717) is 0 Å². The second-order valence-corrected chi connectivity index (χ2v) is 1.29. The fourth-order valence-electron chi connectivity index (χ4n) is 0.335. The normalized spacial score (nSPS) is 9.33. The zero-order valence-corrected chi connectivity index (χ0v) is 4.25. The molecule has 0 aliphatic heterocycles. The van der Waals surface area contributed by atoms with Gasteiger partial charge in [-0.2, -0.15) is 5.16 Å². The number of primary amides is 1. The summed E-state index contributed by atoms with van der Waals surface area (Å²) >= 11 is 0. The molecule has 0 saturated carbocycles. The second kappa shape index (κ2) is 1.73. The van der Waals surface area contributed by atoms with E-state index < -0.39 is 17.5 Å². The van der Waals surface area contributed by atoms with Crippen LogP contribution in [0.4, 0.5) is 0 Å². The molecule has 0 radical (unpaired) electrons. The largest absolute Gasteiger partial charge is 0.377 e. The van der Waals surface area contributed by atoms with Crippen LogP contribution in [-0.4, -0.2) is 16.0 Å². The summed E-state index contributed by atoms with van der Waals surface area (Å²) in [6.07, 6.45) is 0. The number of hydrogen-bond acceptors (Lipinski definition) is 4. The lowest BCUT2D eigenvalue weighted by atomic mass is 10.6. The number of amides is 1. The average Bonchev–Trinajstić information content (AvgIpc) is 2.14. The third-order valence-corrected chi connectivity index (χ3v) is 0.649. The van der Waals surface area contributed by atoms with E-state index in [4.69, 9.17) is 0 Å². The lowest BCUT2D eigenvalue weighted by Gasteiger charge is -1.76. The molecule has 0 unspecified atom stereocenters. The summed E-state index contributed by atoms with van der Waals surface area (Å²) < 4.78 is 4.20. The van der Waals surface area contributed by atoms with Crippen LogP contribution in [0.25, 0.3) is 0 Å². The SMILES string of the molecule is NC(=O)c1nc(=O)[nH]o1. The Labute approximate surface area is 48.6 Å². The summed E-state index contributed by atoms with van der Waals surface area (Å²) in [7, 11) is 0. The first-order valence-corrected chi connectivity index (χ1v) is 2.05. The Bertz CT molecular complexity index is 272. The van der Waals surface area contributed by atoms with Crippen LogP contribution in [0.1, 0.15) is 10.7 Å². The summed E-state index contributed by atoms with van der Waals surface area (Å²) in [4.78, 5) is 23.3. The zero-order chi connectivity index (χ0) is 6.85. The van der Waals surface area contributed by atoms with E-state index in [1.807, 2.05) is 5.16 Å². The number of nitrogens with two attached hydrogens (primary N) is 1. The molecule has 0 atom stereocenters. The summed E-state index contributed by atoms with van der Waals surface area (Å²) in [6, 6.07) is 0. The monoisotopic (exact) mass is 129 g/mol. The Hall–Kier alpha value is -1.59. The first-order chi connectivity index (χ1) is 4.20. The van der Waals surface area contributed by atoms with Crippen molar-refractivity contribution in [3.63, 3.8) is 0 Å². The summed E-state index contributed by atoms with van der Waals surface area (Å²) in [6.45, 7) is 0. The van der Waals surface area contributed by atoms with E-state index in [-0.39, 0.29) is 0 Å². The predicted octanol–water partition coefficient (Wildman–Crippen LogP) is -1.54. The van der Waals surface area contributed by atoms with Gasteiger partial charge in [-0.05, 0) is 0 Å². The molecular weight excluding hydrogens is 126 g/mol. The van der Waals surface area contributed by atoms with Gasteiger partial charge in [-0.25, -0.2) is 4.79 Å². The number of carbonyl (C=O) groups is 1. The quantitative estimate of drug-likeness (QED) is 0.479. The highest BCUT2D eigenvalue weighted by Gasteiger charge is 2.06. The van der Waals surface area contributed by atoms with Gasteiger partial charge >= 0.3 is 17.5 Å².